The Morgan fingerprint density at radius 1 is 1.38 bits per heavy atom. The number of rotatable bonds is 3. The van der Waals surface area contributed by atoms with Crippen molar-refractivity contribution >= 4 is 17.2 Å². The zero-order valence-electron chi connectivity index (χ0n) is 14.2. The molecule has 0 unspecified atom stereocenters. The van der Waals surface area contributed by atoms with Gasteiger partial charge in [0.25, 0.3) is 5.91 Å². The molecular formula is C17H22N4O2S. The molecule has 2 saturated heterocycles. The average Bonchev–Trinajstić information content (AvgIpc) is 3.27. The number of nitrogens with zero attached hydrogens (tertiary/aromatic N) is 4. The average molecular weight is 346 g/mol. The summed E-state index contributed by atoms with van der Waals surface area (Å²) < 4.78 is 7.98. The van der Waals surface area contributed by atoms with Gasteiger partial charge in [-0.05, 0) is 33.3 Å². The number of thiazole rings is 1. The van der Waals surface area contributed by atoms with E-state index in [9.17, 15) is 4.79 Å². The monoisotopic (exact) mass is 346 g/mol. The molecule has 0 bridgehead atoms. The minimum absolute atomic E-state index is 0.0668. The normalized spacial score (nSPS) is 26.1. The molecule has 2 fully saturated rings. The van der Waals surface area contributed by atoms with Crippen molar-refractivity contribution in [1.82, 2.24) is 19.7 Å². The van der Waals surface area contributed by atoms with Crippen LogP contribution in [0.25, 0.3) is 0 Å². The first-order valence-electron chi connectivity index (χ1n) is 8.46. The summed E-state index contributed by atoms with van der Waals surface area (Å²) in [6, 6.07) is 1.88. The maximum Gasteiger partial charge on any atom is 0.272 e. The van der Waals surface area contributed by atoms with E-state index in [1.807, 2.05) is 31.7 Å². The molecule has 0 spiro atoms. The molecular weight excluding hydrogens is 324 g/mol. The van der Waals surface area contributed by atoms with Gasteiger partial charge in [0.1, 0.15) is 16.8 Å². The Morgan fingerprint density at radius 2 is 2.21 bits per heavy atom. The number of amides is 1. The van der Waals surface area contributed by atoms with Gasteiger partial charge in [-0.15, -0.1) is 11.3 Å². The fourth-order valence-electron chi connectivity index (χ4n) is 3.73. The van der Waals surface area contributed by atoms with Crippen LogP contribution in [-0.2, 0) is 11.3 Å². The van der Waals surface area contributed by atoms with E-state index in [1.54, 1.807) is 16.0 Å². The SMILES string of the molecule is CCn1nc(C)cc1C(=O)N1C[C@@H]2C[C@@H](c3nc(C)cs3)O[C@@H]2C1. The van der Waals surface area contributed by atoms with Gasteiger partial charge in [0.15, 0.2) is 0 Å². The second-order valence-corrected chi connectivity index (χ2v) is 7.57. The Labute approximate surface area is 145 Å². The van der Waals surface area contributed by atoms with Crippen LogP contribution in [0.5, 0.6) is 0 Å². The third kappa shape index (κ3) is 2.65. The van der Waals surface area contributed by atoms with Gasteiger partial charge in [-0.3, -0.25) is 9.48 Å². The van der Waals surface area contributed by atoms with Crippen molar-refractivity contribution in [2.45, 2.75) is 45.9 Å². The van der Waals surface area contributed by atoms with Crippen LogP contribution < -0.4 is 0 Å². The fourth-order valence-corrected chi connectivity index (χ4v) is 4.57. The molecule has 2 aliphatic heterocycles. The van der Waals surface area contributed by atoms with Gasteiger partial charge in [0.05, 0.1) is 11.8 Å². The minimum Gasteiger partial charge on any atom is -0.366 e. The van der Waals surface area contributed by atoms with Crippen LogP contribution in [0.1, 0.15) is 46.3 Å². The highest BCUT2D eigenvalue weighted by Gasteiger charge is 2.45. The molecule has 2 aromatic heterocycles. The second-order valence-electron chi connectivity index (χ2n) is 6.68. The molecule has 0 N–H and O–H groups in total. The predicted molar refractivity (Wildman–Crippen MR) is 91.1 cm³/mol. The Bertz CT molecular complexity index is 754. The number of hydrogen-bond donors (Lipinski definition) is 0. The molecule has 0 aromatic carbocycles. The molecule has 0 aliphatic carbocycles. The number of fused-ring (bicyclic) bond motifs is 1. The van der Waals surface area contributed by atoms with E-state index < -0.39 is 0 Å². The van der Waals surface area contributed by atoms with Crippen molar-refractivity contribution in [2.24, 2.45) is 5.92 Å². The zero-order chi connectivity index (χ0) is 16.8. The molecule has 0 saturated carbocycles. The molecule has 4 rings (SSSR count). The van der Waals surface area contributed by atoms with Crippen molar-refractivity contribution in [1.29, 1.82) is 0 Å². The van der Waals surface area contributed by atoms with Crippen LogP contribution in [0, 0.1) is 19.8 Å². The molecule has 2 aliphatic rings. The van der Waals surface area contributed by atoms with E-state index >= 15 is 0 Å². The highest BCUT2D eigenvalue weighted by Crippen LogP contribution is 2.41. The van der Waals surface area contributed by atoms with E-state index in [-0.39, 0.29) is 18.1 Å². The van der Waals surface area contributed by atoms with Gasteiger partial charge in [-0.25, -0.2) is 4.98 Å². The summed E-state index contributed by atoms with van der Waals surface area (Å²) in [7, 11) is 0. The smallest absolute Gasteiger partial charge is 0.272 e. The summed E-state index contributed by atoms with van der Waals surface area (Å²) in [5.74, 6) is 0.472. The van der Waals surface area contributed by atoms with Gasteiger partial charge < -0.3 is 9.64 Å². The summed E-state index contributed by atoms with van der Waals surface area (Å²) in [5.41, 5.74) is 2.62. The number of carbonyl (C=O) groups excluding carboxylic acids is 1. The van der Waals surface area contributed by atoms with Crippen molar-refractivity contribution in [2.75, 3.05) is 13.1 Å². The van der Waals surface area contributed by atoms with Crippen LogP contribution in [-0.4, -0.2) is 44.8 Å². The summed E-state index contributed by atoms with van der Waals surface area (Å²) >= 11 is 1.67. The predicted octanol–water partition coefficient (Wildman–Crippen LogP) is 2.58. The molecule has 7 heteroatoms. The Hall–Kier alpha value is -1.73. The molecule has 24 heavy (non-hydrogen) atoms. The minimum atomic E-state index is 0.0668. The lowest BCUT2D eigenvalue weighted by atomic mass is 10.0. The number of likely N-dealkylation sites (tertiary alicyclic amines) is 1. The van der Waals surface area contributed by atoms with Gasteiger partial charge in [-0.1, -0.05) is 0 Å². The Morgan fingerprint density at radius 3 is 2.88 bits per heavy atom. The summed E-state index contributed by atoms with van der Waals surface area (Å²) in [6.07, 6.45) is 1.18. The van der Waals surface area contributed by atoms with Crippen LogP contribution >= 0.6 is 11.3 Å². The number of aryl methyl sites for hydroxylation is 3. The van der Waals surface area contributed by atoms with Crippen LogP contribution in [0.4, 0.5) is 0 Å². The maximum absolute atomic E-state index is 12.8. The van der Waals surface area contributed by atoms with E-state index in [1.165, 1.54) is 0 Å². The first-order valence-corrected chi connectivity index (χ1v) is 9.34. The van der Waals surface area contributed by atoms with E-state index in [0.717, 1.165) is 29.4 Å². The lowest BCUT2D eigenvalue weighted by molar-refractivity contribution is 0.0351. The van der Waals surface area contributed by atoms with Gasteiger partial charge >= 0.3 is 0 Å². The Balaban J connectivity index is 1.44. The number of aromatic nitrogens is 3. The quantitative estimate of drug-likeness (QED) is 0.857. The van der Waals surface area contributed by atoms with Crippen LogP contribution in [0.2, 0.25) is 0 Å². The number of ether oxygens (including phenoxy) is 1. The van der Waals surface area contributed by atoms with Crippen molar-refractivity contribution in [3.05, 3.63) is 33.5 Å². The lowest BCUT2D eigenvalue weighted by Crippen LogP contribution is -2.32. The van der Waals surface area contributed by atoms with Crippen molar-refractivity contribution in [3.8, 4) is 0 Å². The fraction of sp³-hybridized carbons (Fsp3) is 0.588. The summed E-state index contributed by atoms with van der Waals surface area (Å²) in [5, 5.41) is 7.51. The summed E-state index contributed by atoms with van der Waals surface area (Å²) in [6.45, 7) is 8.07. The highest BCUT2D eigenvalue weighted by atomic mass is 32.1. The van der Waals surface area contributed by atoms with Gasteiger partial charge in [0, 0.05) is 36.6 Å². The maximum atomic E-state index is 12.8. The van der Waals surface area contributed by atoms with Crippen molar-refractivity contribution in [3.63, 3.8) is 0 Å². The standard InChI is InChI=1S/C17H22N4O2S/c1-4-21-13(5-10(2)19-21)17(22)20-7-12-6-14(23-15(12)8-20)16-18-11(3)9-24-16/h5,9,12,14-15H,4,6-8H2,1-3H3/t12-,14-,15+/m0/s1. The molecule has 128 valence electrons. The largest absolute Gasteiger partial charge is 0.366 e. The summed E-state index contributed by atoms with van der Waals surface area (Å²) in [4.78, 5) is 19.3. The molecule has 0 radical (unpaired) electrons. The second kappa shape index (κ2) is 5.97. The van der Waals surface area contributed by atoms with Gasteiger partial charge in [-0.2, -0.15) is 5.10 Å². The highest BCUT2D eigenvalue weighted by molar-refractivity contribution is 7.09. The first kappa shape index (κ1) is 15.8. The Kier molecular flexibility index (Phi) is 3.92. The van der Waals surface area contributed by atoms with Gasteiger partial charge in [0.2, 0.25) is 0 Å². The van der Waals surface area contributed by atoms with E-state index in [2.05, 4.69) is 15.5 Å². The third-order valence-electron chi connectivity index (χ3n) is 4.86. The number of hydrogen-bond acceptors (Lipinski definition) is 5. The number of carbonyl (C=O) groups is 1. The molecule has 6 nitrogen and oxygen atoms in total. The molecule has 3 atom stereocenters. The first-order chi connectivity index (χ1) is 11.5. The third-order valence-corrected chi connectivity index (χ3v) is 5.91. The molecule has 4 heterocycles. The molecule has 1 amide bonds. The zero-order valence-corrected chi connectivity index (χ0v) is 15.0. The van der Waals surface area contributed by atoms with E-state index in [0.29, 0.717) is 24.7 Å². The van der Waals surface area contributed by atoms with E-state index in [4.69, 9.17) is 4.74 Å². The van der Waals surface area contributed by atoms with Crippen molar-refractivity contribution < 1.29 is 9.53 Å². The van der Waals surface area contributed by atoms with Crippen LogP contribution in [0.3, 0.4) is 0 Å². The topological polar surface area (TPSA) is 60.2 Å². The van der Waals surface area contributed by atoms with Crippen LogP contribution in [0.15, 0.2) is 11.4 Å². The molecule has 2 aromatic rings. The lowest BCUT2D eigenvalue weighted by Gasteiger charge is -2.19.